The maximum atomic E-state index is 12.9. The second-order valence-electron chi connectivity index (χ2n) is 8.52. The first-order valence-corrected chi connectivity index (χ1v) is 11.4. The maximum Gasteiger partial charge on any atom is 0.181 e. The molecule has 0 unspecified atom stereocenters. The van der Waals surface area contributed by atoms with Gasteiger partial charge in [0.25, 0.3) is 0 Å². The molecule has 2 aromatic carbocycles. The molecule has 0 aliphatic carbocycles. The first-order valence-electron chi connectivity index (χ1n) is 10.6. The van der Waals surface area contributed by atoms with E-state index in [0.29, 0.717) is 16.9 Å². The molecule has 1 aromatic heterocycles. The fourth-order valence-corrected chi connectivity index (χ4v) is 3.77. The SMILES string of the molecule is Cc1c(/C(N)=C/N(N)c2cc(C(=O)CNc3cccc(C(C)(C)C#N)c3)ccc2Br)cnn1C. The molecule has 0 bridgehead atoms. The lowest BCUT2D eigenvalue weighted by atomic mass is 9.86. The summed E-state index contributed by atoms with van der Waals surface area (Å²) in [5.74, 6) is 6.16. The highest BCUT2D eigenvalue weighted by Crippen LogP contribution is 2.28. The Morgan fingerprint density at radius 3 is 2.71 bits per heavy atom. The molecule has 0 saturated heterocycles. The molecule has 0 saturated carbocycles. The van der Waals surface area contributed by atoms with Crippen molar-refractivity contribution in [3.63, 3.8) is 0 Å². The second kappa shape index (κ2) is 10.1. The van der Waals surface area contributed by atoms with E-state index in [2.05, 4.69) is 32.4 Å². The molecule has 5 N–H and O–H groups in total. The Kier molecular flexibility index (Phi) is 7.44. The molecule has 0 radical (unpaired) electrons. The van der Waals surface area contributed by atoms with Crippen molar-refractivity contribution in [3.05, 3.63) is 81.7 Å². The zero-order chi connectivity index (χ0) is 25.0. The number of rotatable bonds is 8. The molecular formula is C25H28BrN7O. The van der Waals surface area contributed by atoms with Crippen LogP contribution in [0.1, 0.15) is 41.0 Å². The number of nitriles is 1. The highest BCUT2D eigenvalue weighted by atomic mass is 79.9. The van der Waals surface area contributed by atoms with Crippen molar-refractivity contribution >= 4 is 38.8 Å². The Morgan fingerprint density at radius 2 is 2.06 bits per heavy atom. The van der Waals surface area contributed by atoms with Gasteiger partial charge in [0.2, 0.25) is 0 Å². The number of nitrogens with one attached hydrogen (secondary N) is 1. The van der Waals surface area contributed by atoms with Crippen LogP contribution in [0.25, 0.3) is 5.70 Å². The molecule has 8 nitrogen and oxygen atoms in total. The minimum absolute atomic E-state index is 0.0922. The summed E-state index contributed by atoms with van der Waals surface area (Å²) in [6.45, 7) is 5.73. The standard InChI is InChI=1S/C25H28BrN7O/c1-16-20(12-31-32(16)4)22(28)14-33(29)23-10-17(8-9-21(23)26)24(34)13-30-19-7-5-6-18(11-19)25(2,3)15-27/h5-12,14,30H,13,28-29H2,1-4H3/b22-14-. The van der Waals surface area contributed by atoms with Gasteiger partial charge >= 0.3 is 0 Å². The fourth-order valence-electron chi connectivity index (χ4n) is 3.32. The van der Waals surface area contributed by atoms with Crippen molar-refractivity contribution < 1.29 is 4.79 Å². The first-order chi connectivity index (χ1) is 16.0. The van der Waals surface area contributed by atoms with Gasteiger partial charge in [-0.05, 0) is 66.5 Å². The van der Waals surface area contributed by atoms with Crippen LogP contribution in [0.4, 0.5) is 11.4 Å². The summed E-state index contributed by atoms with van der Waals surface area (Å²) in [5.41, 5.74) is 10.5. The zero-order valence-corrected chi connectivity index (χ0v) is 21.2. The van der Waals surface area contributed by atoms with E-state index in [4.69, 9.17) is 11.6 Å². The summed E-state index contributed by atoms with van der Waals surface area (Å²) >= 11 is 3.49. The van der Waals surface area contributed by atoms with Gasteiger partial charge in [-0.15, -0.1) is 0 Å². The number of nitrogens with zero attached hydrogens (tertiary/aromatic N) is 4. The van der Waals surface area contributed by atoms with Crippen LogP contribution in [0.3, 0.4) is 0 Å². The van der Waals surface area contributed by atoms with E-state index in [1.165, 1.54) is 5.01 Å². The number of carbonyl (C=O) groups excluding carboxylic acids is 1. The minimum Gasteiger partial charge on any atom is -0.397 e. The number of hydrazine groups is 1. The van der Waals surface area contributed by atoms with Crippen LogP contribution in [-0.4, -0.2) is 22.1 Å². The van der Waals surface area contributed by atoms with Gasteiger partial charge in [-0.25, -0.2) is 5.84 Å². The number of carbonyl (C=O) groups is 1. The molecule has 3 aromatic rings. The quantitative estimate of drug-likeness (QED) is 0.230. The van der Waals surface area contributed by atoms with Gasteiger partial charge in [-0.1, -0.05) is 18.2 Å². The second-order valence-corrected chi connectivity index (χ2v) is 9.37. The third-order valence-electron chi connectivity index (χ3n) is 5.69. The molecule has 176 valence electrons. The predicted octanol–water partition coefficient (Wildman–Crippen LogP) is 4.22. The number of Topliss-reactive ketones (excluding diaryl/α,β-unsaturated/α-hetero) is 1. The summed E-state index contributed by atoms with van der Waals surface area (Å²) in [5, 5.41) is 18.1. The lowest BCUT2D eigenvalue weighted by Crippen LogP contribution is -2.26. The summed E-state index contributed by atoms with van der Waals surface area (Å²) in [6.07, 6.45) is 3.28. The van der Waals surface area contributed by atoms with Crippen molar-refractivity contribution in [1.29, 1.82) is 5.26 Å². The number of nitrogens with two attached hydrogens (primary N) is 2. The number of hydrogen-bond donors (Lipinski definition) is 3. The molecule has 3 rings (SSSR count). The van der Waals surface area contributed by atoms with E-state index in [-0.39, 0.29) is 12.3 Å². The van der Waals surface area contributed by atoms with Crippen molar-refractivity contribution in [3.8, 4) is 6.07 Å². The molecule has 0 spiro atoms. The van der Waals surface area contributed by atoms with Gasteiger partial charge in [0.05, 0.1) is 35.6 Å². The van der Waals surface area contributed by atoms with E-state index in [1.807, 2.05) is 52.1 Å². The lowest BCUT2D eigenvalue weighted by Gasteiger charge is -2.18. The highest BCUT2D eigenvalue weighted by molar-refractivity contribution is 9.10. The predicted molar refractivity (Wildman–Crippen MR) is 139 cm³/mol. The molecule has 0 aliphatic heterocycles. The van der Waals surface area contributed by atoms with Crippen LogP contribution in [0.5, 0.6) is 0 Å². The van der Waals surface area contributed by atoms with E-state index in [1.54, 1.807) is 35.3 Å². The molecule has 34 heavy (non-hydrogen) atoms. The molecule has 9 heteroatoms. The zero-order valence-electron chi connectivity index (χ0n) is 19.6. The average Bonchev–Trinajstić information content (AvgIpc) is 3.16. The molecule has 0 aliphatic rings. The van der Waals surface area contributed by atoms with Crippen LogP contribution in [0, 0.1) is 18.3 Å². The van der Waals surface area contributed by atoms with Gasteiger partial charge < -0.3 is 11.1 Å². The summed E-state index contributed by atoms with van der Waals surface area (Å²) in [4.78, 5) is 12.9. The lowest BCUT2D eigenvalue weighted by molar-refractivity contribution is 0.101. The molecular weight excluding hydrogens is 494 g/mol. The first kappa shape index (κ1) is 25.0. The number of benzene rings is 2. The van der Waals surface area contributed by atoms with Crippen molar-refractivity contribution in [2.75, 3.05) is 16.9 Å². The Morgan fingerprint density at radius 1 is 1.32 bits per heavy atom. The van der Waals surface area contributed by atoms with Gasteiger partial charge in [0.1, 0.15) is 0 Å². The molecule has 0 atom stereocenters. The van der Waals surface area contributed by atoms with Gasteiger partial charge in [-0.3, -0.25) is 14.5 Å². The average molecular weight is 522 g/mol. The number of aromatic nitrogens is 2. The number of aryl methyl sites for hydroxylation is 1. The molecule has 0 fully saturated rings. The summed E-state index contributed by atoms with van der Waals surface area (Å²) < 4.78 is 2.45. The monoisotopic (exact) mass is 521 g/mol. The Bertz CT molecular complexity index is 1290. The number of ketones is 1. The van der Waals surface area contributed by atoms with Crippen molar-refractivity contribution in [2.45, 2.75) is 26.2 Å². The number of halogens is 1. The third-order valence-corrected chi connectivity index (χ3v) is 6.36. The van der Waals surface area contributed by atoms with Crippen LogP contribution in [-0.2, 0) is 12.5 Å². The third kappa shape index (κ3) is 5.47. The molecule has 0 amide bonds. The van der Waals surface area contributed by atoms with Crippen molar-refractivity contribution in [1.82, 2.24) is 9.78 Å². The fraction of sp³-hybridized carbons (Fsp3) is 0.240. The van der Waals surface area contributed by atoms with E-state index >= 15 is 0 Å². The Balaban J connectivity index is 1.76. The van der Waals surface area contributed by atoms with Crippen LogP contribution < -0.4 is 21.9 Å². The van der Waals surface area contributed by atoms with Crippen LogP contribution in [0.2, 0.25) is 0 Å². The normalized spacial score (nSPS) is 11.7. The Hall–Kier alpha value is -3.61. The minimum atomic E-state index is -0.614. The highest BCUT2D eigenvalue weighted by Gasteiger charge is 2.20. The van der Waals surface area contributed by atoms with Crippen molar-refractivity contribution in [2.24, 2.45) is 18.6 Å². The van der Waals surface area contributed by atoms with Gasteiger partial charge in [-0.2, -0.15) is 10.4 Å². The Labute approximate surface area is 207 Å². The van der Waals surface area contributed by atoms with Crippen LogP contribution >= 0.6 is 15.9 Å². The van der Waals surface area contributed by atoms with Crippen LogP contribution in [0.15, 0.2) is 59.3 Å². The van der Waals surface area contributed by atoms with E-state index in [9.17, 15) is 10.1 Å². The summed E-state index contributed by atoms with van der Waals surface area (Å²) in [7, 11) is 1.84. The molecule has 1 heterocycles. The number of hydrogen-bond acceptors (Lipinski definition) is 7. The topological polar surface area (TPSA) is 126 Å². The largest absolute Gasteiger partial charge is 0.397 e. The van der Waals surface area contributed by atoms with Gasteiger partial charge in [0, 0.05) is 40.2 Å². The number of anilines is 2. The van der Waals surface area contributed by atoms with Gasteiger partial charge in [0.15, 0.2) is 5.78 Å². The smallest absolute Gasteiger partial charge is 0.181 e. The summed E-state index contributed by atoms with van der Waals surface area (Å²) in [6, 6.07) is 15.0. The van der Waals surface area contributed by atoms with E-state index < -0.39 is 5.41 Å². The van der Waals surface area contributed by atoms with E-state index in [0.717, 1.165) is 27.0 Å². The maximum absolute atomic E-state index is 12.9.